The Kier molecular flexibility index (Phi) is 11.0. The number of amides is 1. The monoisotopic (exact) mass is 493 g/mol. The first-order chi connectivity index (χ1) is 17.0. The van der Waals surface area contributed by atoms with Gasteiger partial charge < -0.3 is 15.5 Å². The Bertz CT molecular complexity index is 1110. The third kappa shape index (κ3) is 8.72. The molecule has 0 aliphatic rings. The van der Waals surface area contributed by atoms with Crippen LogP contribution in [0.25, 0.3) is 6.08 Å². The van der Waals surface area contributed by atoms with E-state index in [1.807, 2.05) is 52.4 Å². The topological polar surface area (TPSA) is 69.6 Å². The van der Waals surface area contributed by atoms with E-state index in [2.05, 4.69) is 52.9 Å². The molecule has 2 atom stereocenters. The highest BCUT2D eigenvalue weighted by atomic mass is 19.1. The fraction of sp³-hybridized carbons (Fsp3) is 0.414. The molecule has 0 bridgehead atoms. The van der Waals surface area contributed by atoms with Crippen molar-refractivity contribution in [1.82, 2.24) is 15.2 Å². The highest BCUT2D eigenvalue weighted by molar-refractivity contribution is 5.92. The van der Waals surface area contributed by atoms with E-state index in [4.69, 9.17) is 0 Å². The molecule has 1 amide bonds. The number of nitrogens with one attached hydrogen (secondary N) is 2. The minimum Gasteiger partial charge on any atom is -0.379 e. The number of pyridine rings is 1. The lowest BCUT2D eigenvalue weighted by Gasteiger charge is -2.20. The number of carbonyl (C=O) groups excluding carboxylic acids is 1. The number of benzene rings is 1. The second-order valence-electron chi connectivity index (χ2n) is 9.38. The molecule has 1 unspecified atom stereocenters. The first kappa shape index (κ1) is 28.9. The summed E-state index contributed by atoms with van der Waals surface area (Å²) in [5.74, 6) is -0.254. The van der Waals surface area contributed by atoms with Crippen molar-refractivity contribution in [3.63, 3.8) is 0 Å². The van der Waals surface area contributed by atoms with Crippen LogP contribution in [0.3, 0.4) is 0 Å². The fourth-order valence-corrected chi connectivity index (χ4v) is 3.63. The zero-order valence-corrected chi connectivity index (χ0v) is 22.6. The van der Waals surface area contributed by atoms with Gasteiger partial charge in [0.2, 0.25) is 5.91 Å². The SMILES string of the molecule is C=Cc1ccc(CC(=O)Nc2ccc(F)c([C@H](C)NC(C)C=N/C(=C/N(C)CC)C(C)C)c2)nc1C. The van der Waals surface area contributed by atoms with Gasteiger partial charge in [-0.25, -0.2) is 4.39 Å². The molecule has 1 aromatic heterocycles. The van der Waals surface area contributed by atoms with Gasteiger partial charge in [-0.05, 0) is 63.4 Å². The van der Waals surface area contributed by atoms with Crippen LogP contribution in [-0.4, -0.2) is 41.6 Å². The lowest BCUT2D eigenvalue weighted by molar-refractivity contribution is -0.115. The second-order valence-corrected chi connectivity index (χ2v) is 9.38. The third-order valence-electron chi connectivity index (χ3n) is 5.90. The van der Waals surface area contributed by atoms with Crippen LogP contribution in [0.1, 0.15) is 63.2 Å². The van der Waals surface area contributed by atoms with Gasteiger partial charge in [0.1, 0.15) is 5.82 Å². The minimum atomic E-state index is -0.332. The summed E-state index contributed by atoms with van der Waals surface area (Å²) >= 11 is 0. The molecule has 194 valence electrons. The molecule has 7 heteroatoms. The highest BCUT2D eigenvalue weighted by Crippen LogP contribution is 2.22. The Labute approximate surface area is 215 Å². The van der Waals surface area contributed by atoms with Crippen molar-refractivity contribution in [1.29, 1.82) is 0 Å². The van der Waals surface area contributed by atoms with Crippen LogP contribution in [-0.2, 0) is 11.2 Å². The van der Waals surface area contributed by atoms with Crippen molar-refractivity contribution in [2.45, 2.75) is 60.0 Å². The van der Waals surface area contributed by atoms with Crippen LogP contribution in [0.15, 0.2) is 53.8 Å². The van der Waals surface area contributed by atoms with Crippen LogP contribution in [0.2, 0.25) is 0 Å². The molecule has 0 saturated carbocycles. The number of hydrogen-bond acceptors (Lipinski definition) is 5. The number of aromatic nitrogens is 1. The summed E-state index contributed by atoms with van der Waals surface area (Å²) in [6.07, 6.45) is 5.76. The van der Waals surface area contributed by atoms with Gasteiger partial charge in [-0.15, -0.1) is 0 Å². The number of aliphatic imine (C=N–C) groups is 1. The molecule has 1 aromatic carbocycles. The van der Waals surface area contributed by atoms with E-state index in [1.165, 1.54) is 6.07 Å². The fourth-order valence-electron chi connectivity index (χ4n) is 3.63. The Hall–Kier alpha value is -3.32. The Morgan fingerprint density at radius 2 is 1.94 bits per heavy atom. The minimum absolute atomic E-state index is 0.0837. The summed E-state index contributed by atoms with van der Waals surface area (Å²) in [6, 6.07) is 7.96. The first-order valence-electron chi connectivity index (χ1n) is 12.4. The summed E-state index contributed by atoms with van der Waals surface area (Å²) in [5, 5.41) is 6.23. The zero-order valence-electron chi connectivity index (χ0n) is 22.6. The van der Waals surface area contributed by atoms with E-state index in [-0.39, 0.29) is 36.1 Å². The molecule has 2 N–H and O–H groups in total. The van der Waals surface area contributed by atoms with Gasteiger partial charge in [0.25, 0.3) is 0 Å². The standard InChI is InChI=1S/C29H40FN5O/c1-9-23-11-12-25(33-21(23)6)16-29(36)34-24-13-14-27(30)26(15-24)22(7)32-20(5)17-31-28(19(3)4)18-35(8)10-2/h9,11-15,17-20,22,32H,1,10,16H2,2-8H3,(H,34,36)/b28-18+,31-17?/t20?,22-/m0/s1. The lowest BCUT2D eigenvalue weighted by Crippen LogP contribution is -2.30. The predicted molar refractivity (Wildman–Crippen MR) is 149 cm³/mol. The molecule has 6 nitrogen and oxygen atoms in total. The average Bonchev–Trinajstić information content (AvgIpc) is 2.82. The van der Waals surface area contributed by atoms with Gasteiger partial charge in [0, 0.05) is 55.0 Å². The molecule has 0 spiro atoms. The molecule has 36 heavy (non-hydrogen) atoms. The smallest absolute Gasteiger partial charge is 0.230 e. The third-order valence-corrected chi connectivity index (χ3v) is 5.90. The largest absolute Gasteiger partial charge is 0.379 e. The van der Waals surface area contributed by atoms with Gasteiger partial charge in [-0.1, -0.05) is 32.6 Å². The van der Waals surface area contributed by atoms with Crippen molar-refractivity contribution in [3.05, 3.63) is 77.1 Å². The van der Waals surface area contributed by atoms with Crippen molar-refractivity contribution in [2.75, 3.05) is 18.9 Å². The van der Waals surface area contributed by atoms with E-state index in [9.17, 15) is 9.18 Å². The Morgan fingerprint density at radius 1 is 1.22 bits per heavy atom. The number of rotatable bonds is 12. The van der Waals surface area contributed by atoms with Crippen LogP contribution >= 0.6 is 0 Å². The van der Waals surface area contributed by atoms with Crippen LogP contribution in [0.5, 0.6) is 0 Å². The number of aryl methyl sites for hydroxylation is 1. The second kappa shape index (κ2) is 13.7. The summed E-state index contributed by atoms with van der Waals surface area (Å²) < 4.78 is 14.7. The molecular formula is C29H40FN5O. The van der Waals surface area contributed by atoms with Crippen molar-refractivity contribution in [2.24, 2.45) is 10.9 Å². The van der Waals surface area contributed by atoms with Crippen LogP contribution < -0.4 is 10.6 Å². The van der Waals surface area contributed by atoms with Crippen molar-refractivity contribution < 1.29 is 9.18 Å². The molecule has 2 rings (SSSR count). The van der Waals surface area contributed by atoms with E-state index in [0.29, 0.717) is 16.9 Å². The Balaban J connectivity index is 2.06. The molecular weight excluding hydrogens is 453 g/mol. The highest BCUT2D eigenvalue weighted by Gasteiger charge is 2.15. The molecule has 1 heterocycles. The lowest BCUT2D eigenvalue weighted by atomic mass is 10.1. The summed E-state index contributed by atoms with van der Waals surface area (Å²) in [6.45, 7) is 16.7. The van der Waals surface area contributed by atoms with Gasteiger partial charge in [0.05, 0.1) is 17.8 Å². The predicted octanol–water partition coefficient (Wildman–Crippen LogP) is 5.91. The van der Waals surface area contributed by atoms with Crippen molar-refractivity contribution >= 4 is 23.9 Å². The molecule has 0 aliphatic heterocycles. The Morgan fingerprint density at radius 3 is 2.56 bits per heavy atom. The van der Waals surface area contributed by atoms with Crippen molar-refractivity contribution in [3.8, 4) is 0 Å². The van der Waals surface area contributed by atoms with E-state index < -0.39 is 0 Å². The summed E-state index contributed by atoms with van der Waals surface area (Å²) in [5.41, 5.74) is 4.43. The van der Waals surface area contributed by atoms with Gasteiger partial charge in [-0.3, -0.25) is 14.8 Å². The summed E-state index contributed by atoms with van der Waals surface area (Å²) in [4.78, 5) is 23.8. The zero-order chi connectivity index (χ0) is 26.8. The van der Waals surface area contributed by atoms with E-state index in [0.717, 1.165) is 23.5 Å². The van der Waals surface area contributed by atoms with E-state index >= 15 is 0 Å². The van der Waals surface area contributed by atoms with Gasteiger partial charge in [0.15, 0.2) is 0 Å². The van der Waals surface area contributed by atoms with Gasteiger partial charge >= 0.3 is 0 Å². The number of carbonyl (C=O) groups is 1. The summed E-state index contributed by atoms with van der Waals surface area (Å²) in [7, 11) is 2.02. The normalized spacial score (nSPS) is 13.6. The van der Waals surface area contributed by atoms with Crippen LogP contribution in [0, 0.1) is 18.7 Å². The maximum atomic E-state index is 14.7. The number of nitrogens with zero attached hydrogens (tertiary/aromatic N) is 3. The first-order valence-corrected chi connectivity index (χ1v) is 12.4. The quantitative estimate of drug-likeness (QED) is 0.361. The van der Waals surface area contributed by atoms with Gasteiger partial charge in [-0.2, -0.15) is 0 Å². The number of anilines is 1. The molecule has 0 aliphatic carbocycles. The van der Waals surface area contributed by atoms with Crippen LogP contribution in [0.4, 0.5) is 10.1 Å². The van der Waals surface area contributed by atoms with E-state index in [1.54, 1.807) is 18.2 Å². The maximum absolute atomic E-state index is 14.7. The number of allylic oxidation sites excluding steroid dienone is 1. The number of halogens is 1. The molecule has 0 radical (unpaired) electrons. The molecule has 0 saturated heterocycles. The average molecular weight is 494 g/mol. The maximum Gasteiger partial charge on any atom is 0.230 e. The molecule has 2 aromatic rings. The molecule has 0 fully saturated rings. The number of hydrogen-bond donors (Lipinski definition) is 2.